The zero-order chi connectivity index (χ0) is 10.3. The van der Waals surface area contributed by atoms with Crippen molar-refractivity contribution in [2.45, 2.75) is 26.5 Å². The van der Waals surface area contributed by atoms with E-state index in [9.17, 15) is 5.11 Å². The largest absolute Gasteiger partial charge is 0.371 e. The number of benzene rings is 1. The highest BCUT2D eigenvalue weighted by molar-refractivity contribution is 5.83. The summed E-state index contributed by atoms with van der Waals surface area (Å²) in [5.41, 5.74) is 1.44. The minimum atomic E-state index is -0.839. The van der Waals surface area contributed by atoms with E-state index in [1.807, 2.05) is 29.0 Å². The molecule has 2 rings (SSSR count). The average molecular weight is 189 g/mol. The van der Waals surface area contributed by atoms with Crippen LogP contribution in [0.3, 0.4) is 0 Å². The van der Waals surface area contributed by atoms with E-state index in [4.69, 9.17) is 0 Å². The van der Waals surface area contributed by atoms with Gasteiger partial charge in [0.05, 0.1) is 5.52 Å². The molecular formula is C12H15NO. The zero-order valence-corrected chi connectivity index (χ0v) is 8.78. The molecule has 2 heteroatoms. The second-order valence-corrected chi connectivity index (χ2v) is 4.19. The van der Waals surface area contributed by atoms with Crippen molar-refractivity contribution in [3.8, 4) is 0 Å². The Kier molecular flexibility index (Phi) is 1.89. The van der Waals surface area contributed by atoms with Crippen molar-refractivity contribution in [3.63, 3.8) is 0 Å². The maximum absolute atomic E-state index is 9.96. The third-order valence-corrected chi connectivity index (χ3v) is 2.50. The quantitative estimate of drug-likeness (QED) is 0.733. The van der Waals surface area contributed by atoms with E-state index in [0.29, 0.717) is 0 Å². The first-order chi connectivity index (χ1) is 6.50. The molecule has 0 aliphatic carbocycles. The number of fused-ring (bicyclic) bond motifs is 1. The molecule has 0 bridgehead atoms. The molecule has 0 radical (unpaired) electrons. The summed E-state index contributed by atoms with van der Waals surface area (Å²) in [4.78, 5) is 0. The first-order valence-electron chi connectivity index (χ1n) is 4.80. The number of hydrogen-bond acceptors (Lipinski definition) is 1. The van der Waals surface area contributed by atoms with Crippen LogP contribution in [0, 0.1) is 6.92 Å². The number of aromatic nitrogens is 1. The fourth-order valence-corrected chi connectivity index (χ4v) is 1.80. The molecule has 0 atom stereocenters. The summed E-state index contributed by atoms with van der Waals surface area (Å²) >= 11 is 0. The Morgan fingerprint density at radius 2 is 1.86 bits per heavy atom. The summed E-state index contributed by atoms with van der Waals surface area (Å²) in [5, 5.41) is 11.2. The molecule has 74 valence electrons. The minimum absolute atomic E-state index is 0.839. The Balaban J connectivity index is 2.80. The third-order valence-electron chi connectivity index (χ3n) is 2.50. The molecule has 0 saturated heterocycles. The van der Waals surface area contributed by atoms with Gasteiger partial charge in [0.15, 0.2) is 0 Å². The van der Waals surface area contributed by atoms with Crippen LogP contribution in [0.15, 0.2) is 30.5 Å². The van der Waals surface area contributed by atoms with Crippen molar-refractivity contribution >= 4 is 10.9 Å². The molecule has 0 unspecified atom stereocenters. The van der Waals surface area contributed by atoms with E-state index in [2.05, 4.69) is 13.0 Å². The van der Waals surface area contributed by atoms with Crippen LogP contribution in [-0.4, -0.2) is 9.67 Å². The smallest absolute Gasteiger partial charge is 0.136 e. The lowest BCUT2D eigenvalue weighted by Crippen LogP contribution is -2.24. The molecule has 0 fully saturated rings. The SMILES string of the molecule is Cc1cn(C(C)(C)O)c2ccccc12. The van der Waals surface area contributed by atoms with Gasteiger partial charge in [0, 0.05) is 11.6 Å². The van der Waals surface area contributed by atoms with Crippen LogP contribution >= 0.6 is 0 Å². The standard InChI is InChI=1S/C12H15NO/c1-9-8-13(12(2,3)14)11-7-5-4-6-10(9)11/h4-8,14H,1-3H3. The summed E-state index contributed by atoms with van der Waals surface area (Å²) in [6.07, 6.45) is 1.99. The molecule has 1 N–H and O–H groups in total. The van der Waals surface area contributed by atoms with Crippen LogP contribution in [0.4, 0.5) is 0 Å². The normalized spacial score (nSPS) is 12.3. The first-order valence-corrected chi connectivity index (χ1v) is 4.80. The van der Waals surface area contributed by atoms with Crippen LogP contribution in [0.2, 0.25) is 0 Å². The highest BCUT2D eigenvalue weighted by Gasteiger charge is 2.17. The summed E-state index contributed by atoms with van der Waals surface area (Å²) in [5.74, 6) is 0. The van der Waals surface area contributed by atoms with E-state index in [1.54, 1.807) is 13.8 Å². The lowest BCUT2D eigenvalue weighted by Gasteiger charge is -2.20. The van der Waals surface area contributed by atoms with Crippen LogP contribution in [0.5, 0.6) is 0 Å². The van der Waals surface area contributed by atoms with E-state index < -0.39 is 5.72 Å². The summed E-state index contributed by atoms with van der Waals surface area (Å²) in [7, 11) is 0. The number of aliphatic hydroxyl groups is 1. The van der Waals surface area contributed by atoms with E-state index in [0.717, 1.165) is 5.52 Å². The monoisotopic (exact) mass is 189 g/mol. The fourth-order valence-electron chi connectivity index (χ4n) is 1.80. The third kappa shape index (κ3) is 1.32. The lowest BCUT2D eigenvalue weighted by atomic mass is 10.2. The molecule has 1 heterocycles. The van der Waals surface area contributed by atoms with E-state index in [-0.39, 0.29) is 0 Å². The number of aryl methyl sites for hydroxylation is 1. The maximum Gasteiger partial charge on any atom is 0.136 e. The van der Waals surface area contributed by atoms with Crippen molar-refractivity contribution in [2.24, 2.45) is 0 Å². The molecule has 1 aromatic carbocycles. The van der Waals surface area contributed by atoms with Crippen LogP contribution in [0.25, 0.3) is 10.9 Å². The maximum atomic E-state index is 9.96. The number of hydrogen-bond donors (Lipinski definition) is 1. The molecule has 0 aliphatic rings. The minimum Gasteiger partial charge on any atom is -0.371 e. The van der Waals surface area contributed by atoms with Gasteiger partial charge >= 0.3 is 0 Å². The second-order valence-electron chi connectivity index (χ2n) is 4.19. The van der Waals surface area contributed by atoms with Gasteiger partial charge in [0.1, 0.15) is 5.72 Å². The predicted molar refractivity (Wildman–Crippen MR) is 58.2 cm³/mol. The molecular weight excluding hydrogens is 174 g/mol. The van der Waals surface area contributed by atoms with Gasteiger partial charge in [-0.25, -0.2) is 0 Å². The Hall–Kier alpha value is -1.28. The van der Waals surface area contributed by atoms with Gasteiger partial charge < -0.3 is 9.67 Å². The van der Waals surface area contributed by atoms with Gasteiger partial charge in [0.25, 0.3) is 0 Å². The first kappa shape index (κ1) is 9.28. The van der Waals surface area contributed by atoms with Crippen molar-refractivity contribution < 1.29 is 5.11 Å². The molecule has 14 heavy (non-hydrogen) atoms. The zero-order valence-electron chi connectivity index (χ0n) is 8.78. The highest BCUT2D eigenvalue weighted by atomic mass is 16.3. The van der Waals surface area contributed by atoms with Crippen LogP contribution < -0.4 is 0 Å². The molecule has 2 aromatic rings. The lowest BCUT2D eigenvalue weighted by molar-refractivity contribution is 0.00615. The van der Waals surface area contributed by atoms with Gasteiger partial charge in [-0.2, -0.15) is 0 Å². The van der Waals surface area contributed by atoms with Gasteiger partial charge in [-0.1, -0.05) is 18.2 Å². The summed E-state index contributed by atoms with van der Waals surface area (Å²) in [6, 6.07) is 8.11. The highest BCUT2D eigenvalue weighted by Crippen LogP contribution is 2.25. The van der Waals surface area contributed by atoms with Crippen molar-refractivity contribution in [2.75, 3.05) is 0 Å². The number of rotatable bonds is 1. The summed E-state index contributed by atoms with van der Waals surface area (Å²) in [6.45, 7) is 5.64. The van der Waals surface area contributed by atoms with Gasteiger partial charge in [-0.05, 0) is 32.4 Å². The summed E-state index contributed by atoms with van der Waals surface area (Å²) < 4.78 is 1.90. The number of nitrogens with zero attached hydrogens (tertiary/aromatic N) is 1. The van der Waals surface area contributed by atoms with Crippen molar-refractivity contribution in [3.05, 3.63) is 36.0 Å². The molecule has 0 spiro atoms. The topological polar surface area (TPSA) is 25.2 Å². The Morgan fingerprint density at radius 1 is 1.21 bits per heavy atom. The molecule has 2 nitrogen and oxygen atoms in total. The average Bonchev–Trinajstić information content (AvgIpc) is 2.44. The fraction of sp³-hybridized carbons (Fsp3) is 0.333. The predicted octanol–water partition coefficient (Wildman–Crippen LogP) is 2.63. The van der Waals surface area contributed by atoms with Crippen LogP contribution in [-0.2, 0) is 5.72 Å². The van der Waals surface area contributed by atoms with Crippen molar-refractivity contribution in [1.82, 2.24) is 4.57 Å². The number of para-hydroxylation sites is 1. The Morgan fingerprint density at radius 3 is 2.50 bits per heavy atom. The van der Waals surface area contributed by atoms with Gasteiger partial charge in [0.2, 0.25) is 0 Å². The van der Waals surface area contributed by atoms with E-state index in [1.165, 1.54) is 10.9 Å². The van der Waals surface area contributed by atoms with Gasteiger partial charge in [-0.15, -0.1) is 0 Å². The van der Waals surface area contributed by atoms with Crippen LogP contribution in [0.1, 0.15) is 19.4 Å². The van der Waals surface area contributed by atoms with Crippen molar-refractivity contribution in [1.29, 1.82) is 0 Å². The molecule has 0 amide bonds. The molecule has 0 saturated carbocycles. The Bertz CT molecular complexity index is 463. The molecule has 1 aromatic heterocycles. The molecule has 0 aliphatic heterocycles. The second kappa shape index (κ2) is 2.85. The van der Waals surface area contributed by atoms with E-state index >= 15 is 0 Å². The van der Waals surface area contributed by atoms with Gasteiger partial charge in [-0.3, -0.25) is 0 Å². The Labute approximate surface area is 83.8 Å².